The first-order valence-electron chi connectivity index (χ1n) is 10.6. The summed E-state index contributed by atoms with van der Waals surface area (Å²) in [4.78, 5) is 30.9. The van der Waals surface area contributed by atoms with Crippen molar-refractivity contribution in [3.8, 4) is 0 Å². The number of carbonyl (C=O) groups excluding carboxylic acids is 2. The number of amides is 2. The molecular formula is C21H37N3O3. The summed E-state index contributed by atoms with van der Waals surface area (Å²) in [6, 6.07) is 1.31. The number of carbonyl (C=O) groups is 2. The molecule has 0 bridgehead atoms. The highest BCUT2D eigenvalue weighted by atomic mass is 16.5. The Morgan fingerprint density at radius 3 is 2.11 bits per heavy atom. The number of likely N-dealkylation sites (tertiary alicyclic amines) is 2. The van der Waals surface area contributed by atoms with Crippen LogP contribution >= 0.6 is 0 Å². The van der Waals surface area contributed by atoms with E-state index in [2.05, 4.69) is 30.6 Å². The molecule has 27 heavy (non-hydrogen) atoms. The van der Waals surface area contributed by atoms with Crippen molar-refractivity contribution in [2.45, 2.75) is 90.4 Å². The van der Waals surface area contributed by atoms with E-state index in [1.54, 1.807) is 6.92 Å². The maximum absolute atomic E-state index is 12.2. The Bertz CT molecular complexity index is 543. The fraction of sp³-hybridized carbons (Fsp3) is 0.905. The van der Waals surface area contributed by atoms with Crippen LogP contribution in [0, 0.1) is 5.41 Å². The predicted octanol–water partition coefficient (Wildman–Crippen LogP) is 3.11. The van der Waals surface area contributed by atoms with Gasteiger partial charge >= 0.3 is 6.09 Å². The molecule has 2 saturated heterocycles. The molecule has 1 aliphatic carbocycles. The molecular weight excluding hydrogens is 342 g/mol. The second-order valence-corrected chi connectivity index (χ2v) is 9.43. The molecule has 154 valence electrons. The van der Waals surface area contributed by atoms with Crippen LogP contribution in [0.1, 0.15) is 66.2 Å². The summed E-state index contributed by atoms with van der Waals surface area (Å²) < 4.78 is 4.95. The molecule has 2 atom stereocenters. The summed E-state index contributed by atoms with van der Waals surface area (Å²) in [5.41, 5.74) is 0.369. The molecule has 3 aliphatic rings. The number of ether oxygens (including phenoxy) is 1. The number of rotatable bonds is 4. The zero-order valence-corrected chi connectivity index (χ0v) is 17.7. The standard InChI is InChI=1S/C21H37N3O3/c1-15-12-19(13-16(2)24(15)20(26)27-5)22-10-6-18(7-11-22)23(17(3)25)14-21(4)8-9-21/h15-16,18-19H,6-14H2,1-5H3. The van der Waals surface area contributed by atoms with Crippen molar-refractivity contribution >= 4 is 12.0 Å². The van der Waals surface area contributed by atoms with Crippen LogP contribution in [0.4, 0.5) is 4.79 Å². The summed E-state index contributed by atoms with van der Waals surface area (Å²) in [5, 5.41) is 0. The van der Waals surface area contributed by atoms with E-state index in [-0.39, 0.29) is 24.1 Å². The lowest BCUT2D eigenvalue weighted by atomic mass is 9.90. The topological polar surface area (TPSA) is 53.1 Å². The third kappa shape index (κ3) is 4.58. The lowest BCUT2D eigenvalue weighted by Crippen LogP contribution is -2.57. The van der Waals surface area contributed by atoms with Gasteiger partial charge in [-0.2, -0.15) is 0 Å². The fourth-order valence-electron chi connectivity index (χ4n) is 5.15. The number of piperidine rings is 2. The van der Waals surface area contributed by atoms with E-state index in [9.17, 15) is 9.59 Å². The van der Waals surface area contributed by atoms with Gasteiger partial charge in [-0.05, 0) is 57.8 Å². The minimum atomic E-state index is -0.210. The molecule has 0 aromatic rings. The molecule has 6 nitrogen and oxygen atoms in total. The minimum Gasteiger partial charge on any atom is -0.453 e. The van der Waals surface area contributed by atoms with Gasteiger partial charge in [-0.25, -0.2) is 4.79 Å². The van der Waals surface area contributed by atoms with E-state index < -0.39 is 0 Å². The largest absolute Gasteiger partial charge is 0.453 e. The van der Waals surface area contributed by atoms with Gasteiger partial charge in [-0.15, -0.1) is 0 Å². The molecule has 2 heterocycles. The second kappa shape index (κ2) is 7.98. The highest BCUT2D eigenvalue weighted by Gasteiger charge is 2.42. The summed E-state index contributed by atoms with van der Waals surface area (Å²) in [5.74, 6) is 0.232. The van der Waals surface area contributed by atoms with E-state index in [4.69, 9.17) is 4.74 Å². The third-order valence-electron chi connectivity index (χ3n) is 7.08. The SMILES string of the molecule is COC(=O)N1C(C)CC(N2CCC(N(CC3(C)CC3)C(C)=O)CC2)CC1C. The highest BCUT2D eigenvalue weighted by molar-refractivity contribution is 5.73. The van der Waals surface area contributed by atoms with Crippen molar-refractivity contribution in [3.63, 3.8) is 0 Å². The summed E-state index contributed by atoms with van der Waals surface area (Å²) >= 11 is 0. The molecule has 0 aromatic heterocycles. The van der Waals surface area contributed by atoms with Crippen LogP contribution in [0.5, 0.6) is 0 Å². The molecule has 1 saturated carbocycles. The van der Waals surface area contributed by atoms with E-state index in [1.807, 2.05) is 4.90 Å². The van der Waals surface area contributed by atoms with E-state index in [0.29, 0.717) is 17.5 Å². The van der Waals surface area contributed by atoms with Crippen LogP contribution in [-0.2, 0) is 9.53 Å². The Balaban J connectivity index is 1.54. The molecule has 3 rings (SSSR count). The molecule has 3 fully saturated rings. The van der Waals surface area contributed by atoms with Gasteiger partial charge in [0.15, 0.2) is 0 Å². The van der Waals surface area contributed by atoms with Crippen molar-refractivity contribution < 1.29 is 14.3 Å². The van der Waals surface area contributed by atoms with Crippen LogP contribution in [-0.4, -0.2) is 77.6 Å². The van der Waals surface area contributed by atoms with Gasteiger partial charge in [0, 0.05) is 50.7 Å². The summed E-state index contributed by atoms with van der Waals surface area (Å²) in [6.07, 6.45) is 6.43. The van der Waals surface area contributed by atoms with Crippen LogP contribution in [0.3, 0.4) is 0 Å². The maximum atomic E-state index is 12.2. The van der Waals surface area contributed by atoms with Crippen molar-refractivity contribution in [2.24, 2.45) is 5.41 Å². The monoisotopic (exact) mass is 379 g/mol. The van der Waals surface area contributed by atoms with Crippen molar-refractivity contribution in [1.29, 1.82) is 0 Å². The minimum absolute atomic E-state index is 0.201. The van der Waals surface area contributed by atoms with Crippen LogP contribution < -0.4 is 0 Å². The predicted molar refractivity (Wildman–Crippen MR) is 106 cm³/mol. The average molecular weight is 380 g/mol. The van der Waals surface area contributed by atoms with Gasteiger partial charge in [-0.1, -0.05) is 6.92 Å². The van der Waals surface area contributed by atoms with Gasteiger partial charge in [0.2, 0.25) is 5.91 Å². The molecule has 0 aromatic carbocycles. The van der Waals surface area contributed by atoms with Crippen molar-refractivity contribution in [2.75, 3.05) is 26.7 Å². The van der Waals surface area contributed by atoms with Crippen molar-refractivity contribution in [1.82, 2.24) is 14.7 Å². The Labute approximate surface area is 164 Å². The lowest BCUT2D eigenvalue weighted by Gasteiger charge is -2.48. The summed E-state index contributed by atoms with van der Waals surface area (Å²) in [6.45, 7) is 11.3. The smallest absolute Gasteiger partial charge is 0.409 e. The Morgan fingerprint density at radius 1 is 1.11 bits per heavy atom. The van der Waals surface area contributed by atoms with Crippen LogP contribution in [0.25, 0.3) is 0 Å². The Hall–Kier alpha value is -1.30. The van der Waals surface area contributed by atoms with Crippen LogP contribution in [0.2, 0.25) is 0 Å². The number of hydrogen-bond acceptors (Lipinski definition) is 4. The quantitative estimate of drug-likeness (QED) is 0.753. The Morgan fingerprint density at radius 2 is 1.67 bits per heavy atom. The highest BCUT2D eigenvalue weighted by Crippen LogP contribution is 2.46. The van der Waals surface area contributed by atoms with Crippen molar-refractivity contribution in [3.05, 3.63) is 0 Å². The molecule has 0 radical (unpaired) electrons. The van der Waals surface area contributed by atoms with E-state index in [1.165, 1.54) is 20.0 Å². The van der Waals surface area contributed by atoms with E-state index >= 15 is 0 Å². The first-order chi connectivity index (χ1) is 12.7. The lowest BCUT2D eigenvalue weighted by molar-refractivity contribution is -0.133. The molecule has 2 aliphatic heterocycles. The fourth-order valence-corrected chi connectivity index (χ4v) is 5.15. The molecule has 2 amide bonds. The summed E-state index contributed by atoms with van der Waals surface area (Å²) in [7, 11) is 1.46. The van der Waals surface area contributed by atoms with Gasteiger partial charge in [0.1, 0.15) is 0 Å². The van der Waals surface area contributed by atoms with E-state index in [0.717, 1.165) is 45.3 Å². The average Bonchev–Trinajstić information content (AvgIpc) is 3.36. The van der Waals surface area contributed by atoms with Crippen LogP contribution in [0.15, 0.2) is 0 Å². The van der Waals surface area contributed by atoms with Gasteiger partial charge in [0.05, 0.1) is 7.11 Å². The first kappa shape index (κ1) is 20.4. The van der Waals surface area contributed by atoms with Gasteiger partial charge < -0.3 is 19.4 Å². The first-order valence-corrected chi connectivity index (χ1v) is 10.6. The third-order valence-corrected chi connectivity index (χ3v) is 7.08. The normalized spacial score (nSPS) is 31.4. The number of methoxy groups -OCH3 is 1. The number of nitrogens with zero attached hydrogens (tertiary/aromatic N) is 3. The molecule has 0 spiro atoms. The van der Waals surface area contributed by atoms with Gasteiger partial charge in [-0.3, -0.25) is 4.79 Å². The molecule has 6 heteroatoms. The zero-order valence-electron chi connectivity index (χ0n) is 17.7. The van der Waals surface area contributed by atoms with Gasteiger partial charge in [0.25, 0.3) is 0 Å². The Kier molecular flexibility index (Phi) is 6.04. The second-order valence-electron chi connectivity index (χ2n) is 9.43. The molecule has 2 unspecified atom stereocenters. The maximum Gasteiger partial charge on any atom is 0.409 e. The molecule has 0 N–H and O–H groups in total. The zero-order chi connectivity index (χ0) is 19.8. The number of hydrogen-bond donors (Lipinski definition) is 0.